The van der Waals surface area contributed by atoms with E-state index in [1.165, 1.54) is 0 Å². The van der Waals surface area contributed by atoms with Crippen LogP contribution in [-0.2, 0) is 17.8 Å². The summed E-state index contributed by atoms with van der Waals surface area (Å²) in [4.78, 5) is 16.1. The molecule has 0 bridgehead atoms. The van der Waals surface area contributed by atoms with E-state index in [0.717, 1.165) is 21.3 Å². The number of nitrogens with zero attached hydrogens (tertiary/aromatic N) is 1. The number of carbonyl (C=O) groups is 1. The Morgan fingerprint density at radius 3 is 2.89 bits per heavy atom. The van der Waals surface area contributed by atoms with E-state index in [-0.39, 0.29) is 5.91 Å². The Morgan fingerprint density at radius 2 is 2.16 bits per heavy atom. The van der Waals surface area contributed by atoms with Gasteiger partial charge in [0.25, 0.3) is 0 Å². The molecule has 0 fully saturated rings. The van der Waals surface area contributed by atoms with Crippen LogP contribution < -0.4 is 5.32 Å². The number of aromatic nitrogens is 1. The summed E-state index contributed by atoms with van der Waals surface area (Å²) in [6.07, 6.45) is 2.03. The second-order valence-corrected chi connectivity index (χ2v) is 5.27. The van der Waals surface area contributed by atoms with Crippen molar-refractivity contribution < 1.29 is 4.79 Å². The molecule has 0 atom stereocenters. The van der Waals surface area contributed by atoms with Gasteiger partial charge in [0.05, 0.1) is 12.1 Å². The zero-order chi connectivity index (χ0) is 13.7. The molecule has 1 aromatic carbocycles. The fourth-order valence-corrected chi connectivity index (χ4v) is 2.21. The number of benzene rings is 1. The number of nitrogens with one attached hydrogen (secondary N) is 1. The van der Waals surface area contributed by atoms with Gasteiger partial charge in [0.1, 0.15) is 0 Å². The Bertz CT molecular complexity index is 584. The van der Waals surface area contributed by atoms with Gasteiger partial charge in [0.15, 0.2) is 0 Å². The van der Waals surface area contributed by atoms with E-state index in [2.05, 4.69) is 26.2 Å². The van der Waals surface area contributed by atoms with Gasteiger partial charge in [-0.25, -0.2) is 0 Å². The molecule has 0 saturated carbocycles. The number of halogens is 1. The highest BCUT2D eigenvalue weighted by Crippen LogP contribution is 2.11. The second-order valence-electron chi connectivity index (χ2n) is 4.35. The van der Waals surface area contributed by atoms with Gasteiger partial charge in [-0.1, -0.05) is 34.1 Å². The predicted molar refractivity (Wildman–Crippen MR) is 78.7 cm³/mol. The molecule has 4 heteroatoms. The molecule has 2 rings (SSSR count). The molecule has 0 unspecified atom stereocenters. The van der Waals surface area contributed by atoms with E-state index in [4.69, 9.17) is 0 Å². The van der Waals surface area contributed by atoms with Crippen molar-refractivity contribution in [2.75, 3.05) is 0 Å². The van der Waals surface area contributed by atoms with Crippen LogP contribution in [0.5, 0.6) is 0 Å². The molecule has 1 N–H and O–H groups in total. The van der Waals surface area contributed by atoms with Crippen LogP contribution >= 0.6 is 15.9 Å². The standard InChI is InChI=1S/C15H15BrN2O/c1-11-4-3-7-17-14(11)9-15(19)18-10-12-5-2-6-13(16)8-12/h2-8H,9-10H2,1H3,(H,18,19). The molecule has 19 heavy (non-hydrogen) atoms. The summed E-state index contributed by atoms with van der Waals surface area (Å²) in [6.45, 7) is 2.49. The fourth-order valence-electron chi connectivity index (χ4n) is 1.77. The summed E-state index contributed by atoms with van der Waals surface area (Å²) >= 11 is 3.41. The Balaban J connectivity index is 1.90. The highest BCUT2D eigenvalue weighted by Gasteiger charge is 2.06. The largest absolute Gasteiger partial charge is 0.352 e. The molecule has 0 aliphatic rings. The lowest BCUT2D eigenvalue weighted by Crippen LogP contribution is -2.25. The van der Waals surface area contributed by atoms with Gasteiger partial charge >= 0.3 is 0 Å². The normalized spacial score (nSPS) is 10.2. The number of carbonyl (C=O) groups excluding carboxylic acids is 1. The van der Waals surface area contributed by atoms with Crippen LogP contribution in [0.4, 0.5) is 0 Å². The molecule has 1 amide bonds. The van der Waals surface area contributed by atoms with Crippen molar-refractivity contribution in [3.05, 3.63) is 63.9 Å². The van der Waals surface area contributed by atoms with E-state index >= 15 is 0 Å². The Morgan fingerprint density at radius 1 is 1.32 bits per heavy atom. The van der Waals surface area contributed by atoms with E-state index in [1.807, 2.05) is 43.3 Å². The maximum atomic E-state index is 11.9. The topological polar surface area (TPSA) is 42.0 Å². The number of rotatable bonds is 4. The fraction of sp³-hybridized carbons (Fsp3) is 0.200. The van der Waals surface area contributed by atoms with Crippen molar-refractivity contribution >= 4 is 21.8 Å². The lowest BCUT2D eigenvalue weighted by atomic mass is 10.1. The summed E-state index contributed by atoms with van der Waals surface area (Å²) in [5.41, 5.74) is 2.94. The van der Waals surface area contributed by atoms with Crippen molar-refractivity contribution in [2.24, 2.45) is 0 Å². The van der Waals surface area contributed by atoms with Crippen LogP contribution in [0, 0.1) is 6.92 Å². The van der Waals surface area contributed by atoms with E-state index in [9.17, 15) is 4.79 Å². The highest BCUT2D eigenvalue weighted by molar-refractivity contribution is 9.10. The summed E-state index contributed by atoms with van der Waals surface area (Å²) in [6, 6.07) is 11.7. The number of hydrogen-bond donors (Lipinski definition) is 1. The first kappa shape index (κ1) is 13.7. The van der Waals surface area contributed by atoms with Crippen LogP contribution in [0.25, 0.3) is 0 Å². The van der Waals surface area contributed by atoms with Gasteiger partial charge in [-0.15, -0.1) is 0 Å². The Hall–Kier alpha value is -1.68. The molecule has 0 aliphatic heterocycles. The van der Waals surface area contributed by atoms with Crippen molar-refractivity contribution in [3.8, 4) is 0 Å². The first-order chi connectivity index (χ1) is 9.15. The summed E-state index contributed by atoms with van der Waals surface area (Å²) in [5.74, 6) is -0.0122. The molecule has 1 heterocycles. The lowest BCUT2D eigenvalue weighted by molar-refractivity contribution is -0.120. The number of aryl methyl sites for hydroxylation is 1. The molecular weight excluding hydrogens is 304 g/mol. The van der Waals surface area contributed by atoms with Crippen molar-refractivity contribution in [2.45, 2.75) is 19.9 Å². The minimum atomic E-state index is -0.0122. The average molecular weight is 319 g/mol. The summed E-state index contributed by atoms with van der Waals surface area (Å²) < 4.78 is 1.01. The van der Waals surface area contributed by atoms with Crippen molar-refractivity contribution in [3.63, 3.8) is 0 Å². The van der Waals surface area contributed by atoms with Gasteiger partial charge in [0, 0.05) is 17.2 Å². The maximum absolute atomic E-state index is 11.9. The third-order valence-corrected chi connectivity index (χ3v) is 3.32. The molecule has 2 aromatic rings. The molecule has 0 radical (unpaired) electrons. The lowest BCUT2D eigenvalue weighted by Gasteiger charge is -2.07. The Kier molecular flexibility index (Phi) is 4.68. The predicted octanol–water partition coefficient (Wildman–Crippen LogP) is 3.01. The second kappa shape index (κ2) is 6.48. The minimum absolute atomic E-state index is 0.0122. The number of pyridine rings is 1. The van der Waals surface area contributed by atoms with Crippen LogP contribution in [0.3, 0.4) is 0 Å². The first-order valence-electron chi connectivity index (χ1n) is 6.07. The molecule has 0 saturated heterocycles. The van der Waals surface area contributed by atoms with Crippen LogP contribution in [0.1, 0.15) is 16.8 Å². The quantitative estimate of drug-likeness (QED) is 0.941. The first-order valence-corrected chi connectivity index (χ1v) is 6.86. The van der Waals surface area contributed by atoms with Crippen LogP contribution in [0.2, 0.25) is 0 Å². The Labute approximate surface area is 121 Å². The van der Waals surface area contributed by atoms with Crippen LogP contribution in [0.15, 0.2) is 47.1 Å². The summed E-state index contributed by atoms with van der Waals surface area (Å²) in [5, 5.41) is 2.90. The molecule has 1 aromatic heterocycles. The van der Waals surface area contributed by atoms with E-state index < -0.39 is 0 Å². The SMILES string of the molecule is Cc1cccnc1CC(=O)NCc1cccc(Br)c1. The van der Waals surface area contributed by atoms with Gasteiger partial charge in [-0.3, -0.25) is 9.78 Å². The van der Waals surface area contributed by atoms with Gasteiger partial charge < -0.3 is 5.32 Å². The molecule has 0 spiro atoms. The number of amides is 1. The van der Waals surface area contributed by atoms with Crippen molar-refractivity contribution in [1.82, 2.24) is 10.3 Å². The van der Waals surface area contributed by atoms with E-state index in [1.54, 1.807) is 6.20 Å². The minimum Gasteiger partial charge on any atom is -0.352 e. The third kappa shape index (κ3) is 4.17. The molecular formula is C15H15BrN2O. The van der Waals surface area contributed by atoms with Gasteiger partial charge in [-0.2, -0.15) is 0 Å². The summed E-state index contributed by atoms with van der Waals surface area (Å²) in [7, 11) is 0. The average Bonchev–Trinajstić information content (AvgIpc) is 2.39. The van der Waals surface area contributed by atoms with E-state index in [0.29, 0.717) is 13.0 Å². The van der Waals surface area contributed by atoms with Gasteiger partial charge in [0.2, 0.25) is 5.91 Å². The number of hydrogen-bond acceptors (Lipinski definition) is 2. The highest BCUT2D eigenvalue weighted by atomic mass is 79.9. The maximum Gasteiger partial charge on any atom is 0.226 e. The van der Waals surface area contributed by atoms with Gasteiger partial charge in [-0.05, 0) is 36.2 Å². The van der Waals surface area contributed by atoms with Crippen molar-refractivity contribution in [1.29, 1.82) is 0 Å². The zero-order valence-electron chi connectivity index (χ0n) is 10.7. The zero-order valence-corrected chi connectivity index (χ0v) is 12.3. The molecule has 3 nitrogen and oxygen atoms in total. The third-order valence-electron chi connectivity index (χ3n) is 2.82. The molecule has 98 valence electrons. The molecule has 0 aliphatic carbocycles. The smallest absolute Gasteiger partial charge is 0.226 e. The van der Waals surface area contributed by atoms with Crippen LogP contribution in [-0.4, -0.2) is 10.9 Å². The monoisotopic (exact) mass is 318 g/mol.